The minimum Gasteiger partial charge on any atom is -0.366 e. The number of nitrogens with one attached hydrogen (secondary N) is 1. The largest absolute Gasteiger partial charge is 0.366 e. The van der Waals surface area contributed by atoms with Crippen LogP contribution in [0, 0.1) is 15.9 Å². The maximum absolute atomic E-state index is 13.1. The zero-order valence-electron chi connectivity index (χ0n) is 11.1. The Morgan fingerprint density at radius 3 is 2.58 bits per heavy atom. The second kappa shape index (κ2) is 5.13. The van der Waals surface area contributed by atoms with Crippen LogP contribution in [0.1, 0.15) is 19.8 Å². The fourth-order valence-electron chi connectivity index (χ4n) is 2.40. The lowest BCUT2D eigenvalue weighted by Crippen LogP contribution is -2.50. The normalized spacial score (nSPS) is 18.4. The molecule has 0 bridgehead atoms. The maximum atomic E-state index is 13.1. The number of anilines is 1. The monoisotopic (exact) mass is 267 g/mol. The second-order valence-electron chi connectivity index (χ2n) is 5.19. The van der Waals surface area contributed by atoms with Gasteiger partial charge < -0.3 is 10.2 Å². The zero-order valence-corrected chi connectivity index (χ0v) is 11.1. The van der Waals surface area contributed by atoms with Gasteiger partial charge >= 0.3 is 0 Å². The molecule has 1 heterocycles. The van der Waals surface area contributed by atoms with Gasteiger partial charge in [-0.2, -0.15) is 0 Å². The lowest BCUT2D eigenvalue weighted by molar-refractivity contribution is -0.384. The van der Waals surface area contributed by atoms with E-state index in [4.69, 9.17) is 0 Å². The Morgan fingerprint density at radius 1 is 1.42 bits per heavy atom. The van der Waals surface area contributed by atoms with Crippen LogP contribution >= 0.6 is 0 Å². The first-order valence-corrected chi connectivity index (χ1v) is 6.33. The number of nitro groups is 1. The third-order valence-corrected chi connectivity index (χ3v) is 3.95. The molecule has 1 aliphatic rings. The summed E-state index contributed by atoms with van der Waals surface area (Å²) in [6.07, 6.45) is 1.80. The zero-order chi connectivity index (χ0) is 14.0. The van der Waals surface area contributed by atoms with Gasteiger partial charge in [0.2, 0.25) is 0 Å². The smallest absolute Gasteiger partial charge is 0.295 e. The second-order valence-corrected chi connectivity index (χ2v) is 5.19. The summed E-state index contributed by atoms with van der Waals surface area (Å²) in [5.41, 5.74) is 0.420. The summed E-state index contributed by atoms with van der Waals surface area (Å²) >= 11 is 0. The average Bonchev–Trinajstić information content (AvgIpc) is 2.40. The number of nitro benzene ring substituents is 1. The highest BCUT2D eigenvalue weighted by Gasteiger charge is 2.30. The number of hydrogen-bond donors (Lipinski definition) is 1. The molecule has 0 spiro atoms. The first kappa shape index (κ1) is 13.7. The van der Waals surface area contributed by atoms with E-state index in [9.17, 15) is 14.5 Å². The van der Waals surface area contributed by atoms with Crippen molar-refractivity contribution in [3.63, 3.8) is 0 Å². The van der Waals surface area contributed by atoms with Crippen molar-refractivity contribution >= 4 is 11.4 Å². The molecule has 104 valence electrons. The van der Waals surface area contributed by atoms with E-state index in [0.29, 0.717) is 5.69 Å². The van der Waals surface area contributed by atoms with Crippen LogP contribution < -0.4 is 10.2 Å². The predicted molar refractivity (Wildman–Crippen MR) is 72.0 cm³/mol. The van der Waals surface area contributed by atoms with E-state index in [2.05, 4.69) is 12.2 Å². The van der Waals surface area contributed by atoms with Gasteiger partial charge in [0, 0.05) is 18.6 Å². The van der Waals surface area contributed by atoms with E-state index >= 15 is 0 Å². The Labute approximate surface area is 111 Å². The minimum absolute atomic E-state index is 0.0747. The Kier molecular flexibility index (Phi) is 3.71. The number of rotatable bonds is 3. The van der Waals surface area contributed by atoms with Gasteiger partial charge in [0.25, 0.3) is 5.69 Å². The molecule has 5 nitrogen and oxygen atoms in total. The number of hydrogen-bond acceptors (Lipinski definition) is 4. The van der Waals surface area contributed by atoms with Gasteiger partial charge in [-0.15, -0.1) is 0 Å². The number of piperidine rings is 1. The van der Waals surface area contributed by atoms with E-state index in [0.717, 1.165) is 32.0 Å². The van der Waals surface area contributed by atoms with Crippen LogP contribution in [-0.4, -0.2) is 30.6 Å². The fourth-order valence-corrected chi connectivity index (χ4v) is 2.40. The number of halogens is 1. The lowest BCUT2D eigenvalue weighted by atomic mass is 9.89. The molecule has 0 radical (unpaired) electrons. The Hall–Kier alpha value is -1.69. The van der Waals surface area contributed by atoms with Crippen molar-refractivity contribution < 1.29 is 9.31 Å². The Morgan fingerprint density at radius 2 is 2.05 bits per heavy atom. The standard InChI is InChI=1S/C13H18FN3O2/c1-13(15-2)5-7-16(8-6-13)11-4-3-10(14)9-12(11)17(18)19/h3-4,9,15H,5-8H2,1-2H3. The molecule has 0 aliphatic carbocycles. The van der Waals surface area contributed by atoms with E-state index in [1.54, 1.807) is 0 Å². The van der Waals surface area contributed by atoms with Crippen molar-refractivity contribution in [2.24, 2.45) is 0 Å². The molecule has 0 atom stereocenters. The third-order valence-electron chi connectivity index (χ3n) is 3.95. The summed E-state index contributed by atoms with van der Waals surface area (Å²) in [5, 5.41) is 14.3. The molecule has 1 fully saturated rings. The van der Waals surface area contributed by atoms with E-state index in [1.807, 2.05) is 11.9 Å². The molecule has 1 aromatic rings. The Balaban J connectivity index is 2.22. The van der Waals surface area contributed by atoms with Gasteiger partial charge in [0.1, 0.15) is 11.5 Å². The summed E-state index contributed by atoms with van der Waals surface area (Å²) in [6.45, 7) is 3.59. The minimum atomic E-state index is -0.576. The van der Waals surface area contributed by atoms with Gasteiger partial charge in [0.15, 0.2) is 0 Å². The van der Waals surface area contributed by atoms with Gasteiger partial charge in [0.05, 0.1) is 11.0 Å². The highest BCUT2D eigenvalue weighted by Crippen LogP contribution is 2.32. The summed E-state index contributed by atoms with van der Waals surface area (Å²) in [4.78, 5) is 12.4. The fraction of sp³-hybridized carbons (Fsp3) is 0.538. The molecule has 6 heteroatoms. The molecular weight excluding hydrogens is 249 g/mol. The van der Waals surface area contributed by atoms with E-state index in [-0.39, 0.29) is 11.2 Å². The molecule has 1 aromatic carbocycles. The van der Waals surface area contributed by atoms with E-state index in [1.165, 1.54) is 12.1 Å². The number of benzene rings is 1. The molecule has 19 heavy (non-hydrogen) atoms. The van der Waals surface area contributed by atoms with Gasteiger partial charge in [-0.3, -0.25) is 10.1 Å². The van der Waals surface area contributed by atoms with Crippen molar-refractivity contribution in [3.05, 3.63) is 34.1 Å². The van der Waals surface area contributed by atoms with Crippen LogP contribution in [0.2, 0.25) is 0 Å². The molecule has 0 amide bonds. The molecule has 0 saturated carbocycles. The van der Waals surface area contributed by atoms with Crippen molar-refractivity contribution in [2.75, 3.05) is 25.0 Å². The molecular formula is C13H18FN3O2. The molecule has 1 aliphatic heterocycles. The van der Waals surface area contributed by atoms with Crippen LogP contribution in [0.4, 0.5) is 15.8 Å². The molecule has 2 rings (SSSR count). The van der Waals surface area contributed by atoms with Crippen molar-refractivity contribution in [3.8, 4) is 0 Å². The Bertz CT molecular complexity index is 485. The molecule has 1 N–H and O–H groups in total. The van der Waals surface area contributed by atoms with Crippen LogP contribution in [-0.2, 0) is 0 Å². The SMILES string of the molecule is CNC1(C)CCN(c2ccc(F)cc2[N+](=O)[O-])CC1. The van der Waals surface area contributed by atoms with Crippen LogP contribution in [0.15, 0.2) is 18.2 Å². The van der Waals surface area contributed by atoms with Crippen molar-refractivity contribution in [1.29, 1.82) is 0 Å². The van der Waals surface area contributed by atoms with Gasteiger partial charge in [-0.25, -0.2) is 4.39 Å². The first-order chi connectivity index (χ1) is 8.95. The van der Waals surface area contributed by atoms with E-state index < -0.39 is 10.7 Å². The number of nitrogens with zero attached hydrogens (tertiary/aromatic N) is 2. The van der Waals surface area contributed by atoms with Crippen LogP contribution in [0.3, 0.4) is 0 Å². The first-order valence-electron chi connectivity index (χ1n) is 6.33. The van der Waals surface area contributed by atoms with Gasteiger partial charge in [-0.05, 0) is 38.9 Å². The quantitative estimate of drug-likeness (QED) is 0.674. The van der Waals surface area contributed by atoms with Crippen LogP contribution in [0.5, 0.6) is 0 Å². The topological polar surface area (TPSA) is 58.4 Å². The lowest BCUT2D eigenvalue weighted by Gasteiger charge is -2.40. The predicted octanol–water partition coefficient (Wildman–Crippen LogP) is 2.31. The summed E-state index contributed by atoms with van der Waals surface area (Å²) in [7, 11) is 1.93. The van der Waals surface area contributed by atoms with Crippen LogP contribution in [0.25, 0.3) is 0 Å². The summed E-state index contributed by atoms with van der Waals surface area (Å²) in [5.74, 6) is -0.576. The average molecular weight is 267 g/mol. The summed E-state index contributed by atoms with van der Waals surface area (Å²) < 4.78 is 13.1. The summed E-state index contributed by atoms with van der Waals surface area (Å²) in [6, 6.07) is 3.75. The molecule has 0 unspecified atom stereocenters. The van der Waals surface area contributed by atoms with Crippen molar-refractivity contribution in [2.45, 2.75) is 25.3 Å². The molecule has 1 saturated heterocycles. The molecule has 0 aromatic heterocycles. The highest BCUT2D eigenvalue weighted by atomic mass is 19.1. The third kappa shape index (κ3) is 2.84. The highest BCUT2D eigenvalue weighted by molar-refractivity contribution is 5.63. The maximum Gasteiger partial charge on any atom is 0.295 e. The van der Waals surface area contributed by atoms with Gasteiger partial charge in [-0.1, -0.05) is 0 Å². The van der Waals surface area contributed by atoms with Crippen molar-refractivity contribution in [1.82, 2.24) is 5.32 Å².